The molecule has 0 aliphatic carbocycles. The number of carbonyl (C=O) groups excluding carboxylic acids is 1. The standard InChI is InChI=1S/C27H28Cl2N2O2/c1-5-17(2)30-20-12-10-18(25(15-20)33-4)16-31-24-13-11-19(28)14-22(24)27(3,26(31)32)21-8-6-7-9-23(21)29/h6-15,17,30H,5,16H2,1-4H3. The summed E-state index contributed by atoms with van der Waals surface area (Å²) in [6.07, 6.45) is 1.02. The molecule has 3 aromatic carbocycles. The Hall–Kier alpha value is -2.69. The lowest BCUT2D eigenvalue weighted by molar-refractivity contribution is -0.121. The van der Waals surface area contributed by atoms with Crippen LogP contribution < -0.4 is 15.0 Å². The lowest BCUT2D eigenvalue weighted by Gasteiger charge is -2.26. The number of fused-ring (bicyclic) bond motifs is 1. The monoisotopic (exact) mass is 482 g/mol. The van der Waals surface area contributed by atoms with E-state index in [4.69, 9.17) is 27.9 Å². The van der Waals surface area contributed by atoms with E-state index in [-0.39, 0.29) is 5.91 Å². The van der Waals surface area contributed by atoms with Gasteiger partial charge in [-0.3, -0.25) is 4.79 Å². The highest BCUT2D eigenvalue weighted by molar-refractivity contribution is 6.32. The van der Waals surface area contributed by atoms with Crippen molar-refractivity contribution in [2.75, 3.05) is 17.3 Å². The van der Waals surface area contributed by atoms with Crippen LogP contribution in [0.4, 0.5) is 11.4 Å². The number of hydrogen-bond donors (Lipinski definition) is 1. The lowest BCUT2D eigenvalue weighted by atomic mass is 9.77. The van der Waals surface area contributed by atoms with Crippen LogP contribution in [0.5, 0.6) is 5.75 Å². The van der Waals surface area contributed by atoms with E-state index in [2.05, 4.69) is 19.2 Å². The van der Waals surface area contributed by atoms with Crippen LogP contribution in [0.25, 0.3) is 0 Å². The Balaban J connectivity index is 1.76. The van der Waals surface area contributed by atoms with Crippen molar-refractivity contribution in [3.05, 3.63) is 87.4 Å². The zero-order valence-electron chi connectivity index (χ0n) is 19.3. The Morgan fingerprint density at radius 2 is 1.82 bits per heavy atom. The number of carbonyl (C=O) groups is 1. The molecule has 4 nitrogen and oxygen atoms in total. The van der Waals surface area contributed by atoms with Crippen molar-refractivity contribution in [2.45, 2.75) is 45.2 Å². The maximum Gasteiger partial charge on any atom is 0.242 e. The molecule has 0 radical (unpaired) electrons. The van der Waals surface area contributed by atoms with Gasteiger partial charge in [0, 0.05) is 39.1 Å². The second-order valence-corrected chi connectivity index (χ2v) is 9.48. The number of halogens is 2. The first kappa shape index (κ1) is 23.5. The van der Waals surface area contributed by atoms with Gasteiger partial charge in [-0.2, -0.15) is 0 Å². The van der Waals surface area contributed by atoms with E-state index in [0.717, 1.165) is 40.2 Å². The zero-order chi connectivity index (χ0) is 23.8. The van der Waals surface area contributed by atoms with Crippen molar-refractivity contribution in [1.29, 1.82) is 0 Å². The molecule has 0 saturated carbocycles. The summed E-state index contributed by atoms with van der Waals surface area (Å²) in [7, 11) is 1.65. The number of ether oxygens (including phenoxy) is 1. The maximum absolute atomic E-state index is 14.0. The zero-order valence-corrected chi connectivity index (χ0v) is 20.8. The number of benzene rings is 3. The number of amides is 1. The van der Waals surface area contributed by atoms with Crippen molar-refractivity contribution < 1.29 is 9.53 Å². The van der Waals surface area contributed by atoms with Crippen molar-refractivity contribution >= 4 is 40.5 Å². The van der Waals surface area contributed by atoms with Crippen molar-refractivity contribution in [2.24, 2.45) is 0 Å². The molecule has 1 aliphatic heterocycles. The predicted octanol–water partition coefficient (Wildman–Crippen LogP) is 7.07. The van der Waals surface area contributed by atoms with Crippen molar-refractivity contribution in [1.82, 2.24) is 0 Å². The topological polar surface area (TPSA) is 41.6 Å². The Morgan fingerprint density at radius 3 is 2.52 bits per heavy atom. The van der Waals surface area contributed by atoms with Gasteiger partial charge in [0.25, 0.3) is 0 Å². The van der Waals surface area contributed by atoms with E-state index in [1.807, 2.05) is 67.6 Å². The third-order valence-electron chi connectivity index (χ3n) is 6.51. The van der Waals surface area contributed by atoms with Gasteiger partial charge in [0.05, 0.1) is 13.7 Å². The molecule has 3 aromatic rings. The van der Waals surface area contributed by atoms with Crippen molar-refractivity contribution in [3.8, 4) is 5.75 Å². The molecule has 1 amide bonds. The summed E-state index contributed by atoms with van der Waals surface area (Å²) >= 11 is 12.9. The van der Waals surface area contributed by atoms with Gasteiger partial charge in [0.2, 0.25) is 5.91 Å². The average Bonchev–Trinajstić information content (AvgIpc) is 3.02. The van der Waals surface area contributed by atoms with E-state index >= 15 is 0 Å². The lowest BCUT2D eigenvalue weighted by Crippen LogP contribution is -2.39. The number of anilines is 2. The van der Waals surface area contributed by atoms with E-state index < -0.39 is 5.41 Å². The summed E-state index contributed by atoms with van der Waals surface area (Å²) < 4.78 is 5.69. The highest BCUT2D eigenvalue weighted by Gasteiger charge is 2.49. The van der Waals surface area contributed by atoms with Crippen LogP contribution in [0.15, 0.2) is 60.7 Å². The summed E-state index contributed by atoms with van der Waals surface area (Å²) in [4.78, 5) is 15.8. The van der Waals surface area contributed by atoms with E-state index in [1.165, 1.54) is 0 Å². The number of nitrogens with one attached hydrogen (secondary N) is 1. The number of hydrogen-bond acceptors (Lipinski definition) is 3. The Bertz CT molecular complexity index is 1200. The van der Waals surface area contributed by atoms with E-state index in [1.54, 1.807) is 12.0 Å². The summed E-state index contributed by atoms with van der Waals surface area (Å²) in [6, 6.07) is 19.5. The van der Waals surface area contributed by atoms with Crippen LogP contribution in [0.1, 0.15) is 43.9 Å². The highest BCUT2D eigenvalue weighted by Crippen LogP contribution is 2.49. The largest absolute Gasteiger partial charge is 0.496 e. The van der Waals surface area contributed by atoms with Crippen molar-refractivity contribution in [3.63, 3.8) is 0 Å². The fourth-order valence-electron chi connectivity index (χ4n) is 4.44. The first-order valence-corrected chi connectivity index (χ1v) is 11.9. The molecule has 2 atom stereocenters. The fourth-order valence-corrected chi connectivity index (χ4v) is 4.94. The molecule has 0 saturated heterocycles. The minimum Gasteiger partial charge on any atom is -0.496 e. The molecule has 0 spiro atoms. The SMILES string of the molecule is CCC(C)Nc1ccc(CN2C(=O)C(C)(c3ccccc3Cl)c3cc(Cl)ccc32)c(OC)c1. The highest BCUT2D eigenvalue weighted by atomic mass is 35.5. The Morgan fingerprint density at radius 1 is 1.06 bits per heavy atom. The van der Waals surface area contributed by atoms with Gasteiger partial charge in [-0.25, -0.2) is 0 Å². The van der Waals surface area contributed by atoms with Gasteiger partial charge in [-0.15, -0.1) is 0 Å². The quantitative estimate of drug-likeness (QED) is 0.391. The predicted molar refractivity (Wildman–Crippen MR) is 137 cm³/mol. The van der Waals surface area contributed by atoms with Gasteiger partial charge in [-0.05, 0) is 61.7 Å². The van der Waals surface area contributed by atoms with Crippen LogP contribution in [-0.4, -0.2) is 19.1 Å². The van der Waals surface area contributed by atoms with Crippen LogP contribution in [-0.2, 0) is 16.8 Å². The first-order chi connectivity index (χ1) is 15.8. The van der Waals surface area contributed by atoms with Crippen LogP contribution in [0.2, 0.25) is 10.0 Å². The normalized spacial score (nSPS) is 18.2. The second-order valence-electron chi connectivity index (χ2n) is 8.64. The number of methoxy groups -OCH3 is 1. The van der Waals surface area contributed by atoms with Gasteiger partial charge >= 0.3 is 0 Å². The summed E-state index contributed by atoms with van der Waals surface area (Å²) in [6.45, 7) is 6.57. The van der Waals surface area contributed by atoms with Gasteiger partial charge in [-0.1, -0.05) is 54.4 Å². The van der Waals surface area contributed by atoms with Crippen LogP contribution in [0.3, 0.4) is 0 Å². The van der Waals surface area contributed by atoms with Crippen LogP contribution in [0, 0.1) is 0 Å². The Labute approximate surface area is 205 Å². The number of rotatable bonds is 7. The molecule has 6 heteroatoms. The molecule has 4 rings (SSSR count). The van der Waals surface area contributed by atoms with Gasteiger partial charge in [0.1, 0.15) is 11.2 Å². The summed E-state index contributed by atoms with van der Waals surface area (Å²) in [5, 5.41) is 4.61. The third kappa shape index (κ3) is 4.18. The molecule has 172 valence electrons. The molecule has 33 heavy (non-hydrogen) atoms. The molecule has 2 unspecified atom stereocenters. The molecule has 1 aliphatic rings. The first-order valence-electron chi connectivity index (χ1n) is 11.1. The fraction of sp³-hybridized carbons (Fsp3) is 0.296. The summed E-state index contributed by atoms with van der Waals surface area (Å²) in [5.41, 5.74) is 3.42. The molecule has 1 heterocycles. The van der Waals surface area contributed by atoms with Gasteiger partial charge < -0.3 is 15.0 Å². The third-order valence-corrected chi connectivity index (χ3v) is 7.08. The molecular weight excluding hydrogens is 455 g/mol. The molecular formula is C27H28Cl2N2O2. The smallest absolute Gasteiger partial charge is 0.242 e. The molecule has 0 aromatic heterocycles. The minimum absolute atomic E-state index is 0.0447. The second kappa shape index (κ2) is 9.28. The molecule has 0 fully saturated rings. The van der Waals surface area contributed by atoms with Gasteiger partial charge in [0.15, 0.2) is 0 Å². The van der Waals surface area contributed by atoms with Crippen LogP contribution >= 0.6 is 23.2 Å². The average molecular weight is 483 g/mol. The Kier molecular flexibility index (Phi) is 6.60. The molecule has 0 bridgehead atoms. The maximum atomic E-state index is 14.0. The van der Waals surface area contributed by atoms with E-state index in [9.17, 15) is 4.79 Å². The summed E-state index contributed by atoms with van der Waals surface area (Å²) in [5.74, 6) is 0.690. The van der Waals surface area contributed by atoms with E-state index in [0.29, 0.717) is 22.6 Å². The molecule has 1 N–H and O–H groups in total. The number of nitrogens with zero attached hydrogens (tertiary/aromatic N) is 1. The minimum atomic E-state index is -0.941.